The van der Waals surface area contributed by atoms with Gasteiger partial charge in [0.15, 0.2) is 0 Å². The van der Waals surface area contributed by atoms with E-state index in [-0.39, 0.29) is 0 Å². The van der Waals surface area contributed by atoms with Crippen LogP contribution < -0.4 is 15.6 Å². The summed E-state index contributed by atoms with van der Waals surface area (Å²) in [6.07, 6.45) is 2.13. The van der Waals surface area contributed by atoms with Gasteiger partial charge in [0.1, 0.15) is 0 Å². The van der Waals surface area contributed by atoms with Crippen molar-refractivity contribution < 1.29 is 16.6 Å². The van der Waals surface area contributed by atoms with E-state index in [0.717, 1.165) is 12.8 Å². The Hall–Kier alpha value is -4.53. The molecular formula is C51H46SiTi. The zero-order valence-electron chi connectivity index (χ0n) is 31.5. The number of rotatable bonds is 5. The van der Waals surface area contributed by atoms with Crippen LogP contribution in [0.1, 0.15) is 68.5 Å². The SMILES string of the molecule is CCC1=C(c2cccc3ccccc23)c2c3cccc2[Si](C)(c2ccccc2)c2cccc4c2C(c2cccc5ccccc25)=C(CC)[CH]4[Ti]([CH3])([CH3])[CH]13. The van der Waals surface area contributed by atoms with E-state index in [1.54, 1.807) is 54.9 Å². The minimum absolute atomic E-state index is 0.464. The van der Waals surface area contributed by atoms with Gasteiger partial charge in [-0.05, 0) is 0 Å². The van der Waals surface area contributed by atoms with Gasteiger partial charge in [0, 0.05) is 0 Å². The summed E-state index contributed by atoms with van der Waals surface area (Å²) in [6.45, 7) is 7.58. The molecule has 2 atom stereocenters. The zero-order valence-corrected chi connectivity index (χ0v) is 34.1. The van der Waals surface area contributed by atoms with Crippen LogP contribution in [-0.4, -0.2) is 8.07 Å². The van der Waals surface area contributed by atoms with Crippen LogP contribution in [0.5, 0.6) is 0 Å². The van der Waals surface area contributed by atoms with Gasteiger partial charge in [0.05, 0.1) is 0 Å². The molecule has 0 aromatic heterocycles. The summed E-state index contributed by atoms with van der Waals surface area (Å²) >= 11 is -2.95. The Kier molecular flexibility index (Phi) is 7.65. The third-order valence-corrected chi connectivity index (χ3v) is 24.6. The summed E-state index contributed by atoms with van der Waals surface area (Å²) in [6, 6.07) is 58.9. The van der Waals surface area contributed by atoms with Crippen molar-refractivity contribution in [1.29, 1.82) is 0 Å². The molecule has 0 nitrogen and oxygen atoms in total. The summed E-state index contributed by atoms with van der Waals surface area (Å²) in [7, 11) is -2.66. The third-order valence-electron chi connectivity index (χ3n) is 13.5. The van der Waals surface area contributed by atoms with Gasteiger partial charge in [0.25, 0.3) is 0 Å². The molecule has 2 aliphatic carbocycles. The molecule has 258 valence electrons. The van der Waals surface area contributed by atoms with Crippen molar-refractivity contribution in [2.75, 3.05) is 0 Å². The Labute approximate surface area is 319 Å². The van der Waals surface area contributed by atoms with E-state index in [1.807, 2.05) is 0 Å². The first-order valence-electron chi connectivity index (χ1n) is 19.6. The molecule has 1 heterocycles. The molecule has 0 saturated carbocycles. The Morgan fingerprint density at radius 1 is 0.472 bits per heavy atom. The van der Waals surface area contributed by atoms with Crippen molar-refractivity contribution in [3.63, 3.8) is 0 Å². The van der Waals surface area contributed by atoms with Crippen LogP contribution in [0.4, 0.5) is 0 Å². The molecule has 0 spiro atoms. The van der Waals surface area contributed by atoms with Crippen LogP contribution in [0, 0.1) is 0 Å². The molecule has 7 aromatic carbocycles. The summed E-state index contributed by atoms with van der Waals surface area (Å²) in [5.74, 6) is 0. The maximum absolute atomic E-state index is 2.95. The van der Waals surface area contributed by atoms with Crippen molar-refractivity contribution in [2.45, 2.75) is 52.1 Å². The summed E-state index contributed by atoms with van der Waals surface area (Å²) in [5.41, 5.74) is 15.6. The molecule has 2 heteroatoms. The van der Waals surface area contributed by atoms with E-state index in [1.165, 1.54) is 37.9 Å². The number of hydrogen-bond donors (Lipinski definition) is 0. The summed E-state index contributed by atoms with van der Waals surface area (Å²) in [4.78, 5) is 0. The Morgan fingerprint density at radius 2 is 0.887 bits per heavy atom. The van der Waals surface area contributed by atoms with Gasteiger partial charge in [-0.1, -0.05) is 0 Å². The van der Waals surface area contributed by atoms with E-state index in [9.17, 15) is 0 Å². The number of benzene rings is 7. The molecule has 7 aromatic rings. The monoisotopic (exact) mass is 734 g/mol. The third kappa shape index (κ3) is 4.51. The second-order valence-corrected chi connectivity index (χ2v) is 27.7. The quantitative estimate of drug-likeness (QED) is 0.155. The molecular weight excluding hydrogens is 689 g/mol. The second-order valence-electron chi connectivity index (χ2n) is 16.3. The molecule has 8 bridgehead atoms. The van der Waals surface area contributed by atoms with Crippen molar-refractivity contribution in [1.82, 2.24) is 0 Å². The van der Waals surface area contributed by atoms with Crippen LogP contribution in [-0.2, 0) is 16.6 Å². The molecule has 0 amide bonds. The molecule has 1 aliphatic heterocycles. The summed E-state index contributed by atoms with van der Waals surface area (Å²) < 4.78 is 0.928. The minimum atomic E-state index is -2.95. The van der Waals surface area contributed by atoms with E-state index < -0.39 is 24.7 Å². The topological polar surface area (TPSA) is 0 Å². The molecule has 0 N–H and O–H groups in total. The normalized spacial score (nSPS) is 21.2. The van der Waals surface area contributed by atoms with E-state index >= 15 is 0 Å². The van der Waals surface area contributed by atoms with E-state index in [2.05, 4.69) is 183 Å². The first-order chi connectivity index (χ1) is 25.9. The van der Waals surface area contributed by atoms with Crippen LogP contribution in [0.2, 0.25) is 17.0 Å². The van der Waals surface area contributed by atoms with E-state index in [4.69, 9.17) is 0 Å². The van der Waals surface area contributed by atoms with Crippen molar-refractivity contribution in [3.05, 3.63) is 196 Å². The van der Waals surface area contributed by atoms with Crippen LogP contribution in [0.15, 0.2) is 163 Å². The Balaban J connectivity index is 1.41. The standard InChI is InChI=1S/C49H40Si.2CH3.Ti/c1-4-33-31-37-21-15-29-44(48(37)46(33)42-27-13-19-35-17-9-11-25-40(35)42)50(3,39-23-7-6-8-24-39)45-30-16-22-38-32-34(5-2)47(49(38)45)43-28-14-20-36-18-10-12-26-41(36)43;;;/h6-32H,4-5H2,1-3H3;2*1H3;. The van der Waals surface area contributed by atoms with Crippen LogP contribution in [0.25, 0.3) is 32.7 Å². The fourth-order valence-corrected chi connectivity index (χ4v) is 23.2. The Bertz CT molecular complexity index is 2520. The number of hydrogen-bond acceptors (Lipinski definition) is 0. The maximum atomic E-state index is 2.79. The predicted molar refractivity (Wildman–Crippen MR) is 228 cm³/mol. The first-order valence-corrected chi connectivity index (χ1v) is 27.1. The molecule has 10 rings (SSSR count). The van der Waals surface area contributed by atoms with E-state index in [0.29, 0.717) is 8.45 Å². The predicted octanol–water partition coefficient (Wildman–Crippen LogP) is 11.9. The molecule has 53 heavy (non-hydrogen) atoms. The second kappa shape index (κ2) is 12.3. The molecule has 3 aliphatic rings. The average Bonchev–Trinajstić information content (AvgIpc) is 3.74. The zero-order chi connectivity index (χ0) is 36.1. The molecule has 0 fully saturated rings. The fraction of sp³-hybridized carbons (Fsp3) is 0.176. The summed E-state index contributed by atoms with van der Waals surface area (Å²) in [5, 5.41) is 15.6. The van der Waals surface area contributed by atoms with Gasteiger partial charge in [-0.3, -0.25) is 0 Å². The first kappa shape index (κ1) is 33.1. The van der Waals surface area contributed by atoms with Gasteiger partial charge >= 0.3 is 321 Å². The van der Waals surface area contributed by atoms with Crippen molar-refractivity contribution >= 4 is 56.3 Å². The Morgan fingerprint density at radius 3 is 1.36 bits per heavy atom. The van der Waals surface area contributed by atoms with Crippen molar-refractivity contribution in [3.8, 4) is 0 Å². The van der Waals surface area contributed by atoms with Crippen LogP contribution in [0.3, 0.4) is 0 Å². The molecule has 2 unspecified atom stereocenters. The molecule has 0 radical (unpaired) electrons. The van der Waals surface area contributed by atoms with Crippen LogP contribution >= 0.6 is 0 Å². The number of allylic oxidation sites excluding steroid dienone is 2. The molecule has 0 saturated heterocycles. The average molecular weight is 735 g/mol. The van der Waals surface area contributed by atoms with Gasteiger partial charge in [0.2, 0.25) is 0 Å². The van der Waals surface area contributed by atoms with Crippen molar-refractivity contribution in [2.24, 2.45) is 0 Å². The number of fused-ring (bicyclic) bond motifs is 2. The van der Waals surface area contributed by atoms with Gasteiger partial charge < -0.3 is 0 Å². The van der Waals surface area contributed by atoms with Gasteiger partial charge in [-0.15, -0.1) is 0 Å². The fourth-order valence-electron chi connectivity index (χ4n) is 11.4. The van der Waals surface area contributed by atoms with Gasteiger partial charge in [-0.2, -0.15) is 0 Å². The van der Waals surface area contributed by atoms with Gasteiger partial charge in [-0.25, -0.2) is 0 Å².